The minimum Gasteiger partial charge on any atom is -0.375 e. The highest BCUT2D eigenvalue weighted by Gasteiger charge is 2.17. The number of amides is 2. The molecule has 1 aromatic rings. The lowest BCUT2D eigenvalue weighted by Crippen LogP contribution is -2.41. The van der Waals surface area contributed by atoms with Crippen molar-refractivity contribution < 1.29 is 9.53 Å². The third kappa shape index (κ3) is 4.11. The first-order chi connectivity index (χ1) is 10.1. The molecule has 0 saturated carbocycles. The van der Waals surface area contributed by atoms with Crippen LogP contribution in [0.1, 0.15) is 20.8 Å². The zero-order chi connectivity index (χ0) is 15.2. The summed E-state index contributed by atoms with van der Waals surface area (Å²) < 4.78 is 5.55. The summed E-state index contributed by atoms with van der Waals surface area (Å²) in [4.78, 5) is 16.1. The molecule has 5 nitrogen and oxygen atoms in total. The Morgan fingerprint density at radius 2 is 2.00 bits per heavy atom. The number of nitrogens with zero attached hydrogens (tertiary/aromatic N) is 2. The van der Waals surface area contributed by atoms with Crippen LogP contribution in [0.5, 0.6) is 0 Å². The highest BCUT2D eigenvalue weighted by molar-refractivity contribution is 5.89. The summed E-state index contributed by atoms with van der Waals surface area (Å²) in [7, 11) is 0. The van der Waals surface area contributed by atoms with Gasteiger partial charge in [-0.3, -0.25) is 0 Å². The first-order valence-electron chi connectivity index (χ1n) is 7.66. The molecule has 0 aliphatic carbocycles. The van der Waals surface area contributed by atoms with E-state index in [0.29, 0.717) is 13.1 Å². The zero-order valence-corrected chi connectivity index (χ0v) is 13.1. The number of morpholine rings is 1. The molecule has 1 aliphatic rings. The Hall–Kier alpha value is -1.75. The molecule has 1 fully saturated rings. The van der Waals surface area contributed by atoms with E-state index in [1.807, 2.05) is 26.0 Å². The lowest BCUT2D eigenvalue weighted by Gasteiger charge is -2.33. The largest absolute Gasteiger partial charge is 0.375 e. The summed E-state index contributed by atoms with van der Waals surface area (Å²) in [6, 6.07) is 7.97. The summed E-state index contributed by atoms with van der Waals surface area (Å²) in [5.41, 5.74) is 2.00. The maximum Gasteiger partial charge on any atom is 0.321 e. The number of anilines is 2. The molecule has 0 spiro atoms. The fraction of sp³-hybridized carbons (Fsp3) is 0.562. The van der Waals surface area contributed by atoms with Gasteiger partial charge in [-0.1, -0.05) is 0 Å². The van der Waals surface area contributed by atoms with Gasteiger partial charge in [-0.05, 0) is 45.0 Å². The fourth-order valence-corrected chi connectivity index (χ4v) is 2.52. The van der Waals surface area contributed by atoms with Crippen molar-refractivity contribution in [1.82, 2.24) is 4.90 Å². The van der Waals surface area contributed by atoms with E-state index >= 15 is 0 Å². The maximum absolute atomic E-state index is 12.0. The van der Waals surface area contributed by atoms with Gasteiger partial charge in [0.2, 0.25) is 0 Å². The Bertz CT molecular complexity index is 457. The second kappa shape index (κ2) is 7.31. The van der Waals surface area contributed by atoms with E-state index < -0.39 is 0 Å². The summed E-state index contributed by atoms with van der Waals surface area (Å²) in [6.45, 7) is 10.1. The predicted octanol–water partition coefficient (Wildman–Crippen LogP) is 2.79. The Balaban J connectivity index is 1.97. The number of hydrogen-bond acceptors (Lipinski definition) is 3. The van der Waals surface area contributed by atoms with E-state index in [1.54, 1.807) is 4.90 Å². The van der Waals surface area contributed by atoms with E-state index in [9.17, 15) is 4.79 Å². The van der Waals surface area contributed by atoms with Crippen LogP contribution in [-0.4, -0.2) is 49.8 Å². The van der Waals surface area contributed by atoms with E-state index in [1.165, 1.54) is 5.69 Å². The number of nitrogens with one attached hydrogen (secondary N) is 1. The maximum atomic E-state index is 12.0. The normalized spacial score (nSPS) is 18.4. The van der Waals surface area contributed by atoms with E-state index in [4.69, 9.17) is 4.74 Å². The number of hydrogen-bond donors (Lipinski definition) is 1. The quantitative estimate of drug-likeness (QED) is 0.927. The molecule has 1 aromatic carbocycles. The number of ether oxygens (including phenoxy) is 1. The van der Waals surface area contributed by atoms with Crippen molar-refractivity contribution >= 4 is 17.4 Å². The molecule has 1 saturated heterocycles. The molecular formula is C16H25N3O2. The highest BCUT2D eigenvalue weighted by atomic mass is 16.5. The molecule has 1 atom stereocenters. The van der Waals surface area contributed by atoms with Gasteiger partial charge in [-0.25, -0.2) is 4.79 Å². The second-order valence-corrected chi connectivity index (χ2v) is 5.28. The zero-order valence-electron chi connectivity index (χ0n) is 13.1. The van der Waals surface area contributed by atoms with Crippen LogP contribution in [0.15, 0.2) is 24.3 Å². The molecule has 1 N–H and O–H groups in total. The average molecular weight is 291 g/mol. The number of benzene rings is 1. The van der Waals surface area contributed by atoms with Gasteiger partial charge in [0.05, 0.1) is 12.7 Å². The van der Waals surface area contributed by atoms with Crippen molar-refractivity contribution in [2.45, 2.75) is 26.9 Å². The van der Waals surface area contributed by atoms with Gasteiger partial charge in [0.25, 0.3) is 0 Å². The molecular weight excluding hydrogens is 266 g/mol. The standard InChI is InChI=1S/C16H25N3O2/c1-4-18(5-2)16(20)17-14-6-8-15(9-7-14)19-10-11-21-13(3)12-19/h6-9,13H,4-5,10-12H2,1-3H3,(H,17,20). The van der Waals surface area contributed by atoms with Crippen molar-refractivity contribution in [3.63, 3.8) is 0 Å². The van der Waals surface area contributed by atoms with Gasteiger partial charge in [-0.2, -0.15) is 0 Å². The van der Waals surface area contributed by atoms with Gasteiger partial charge in [0.1, 0.15) is 0 Å². The number of rotatable bonds is 4. The number of carbonyl (C=O) groups is 1. The Kier molecular flexibility index (Phi) is 5.44. The molecule has 21 heavy (non-hydrogen) atoms. The molecule has 1 heterocycles. The smallest absolute Gasteiger partial charge is 0.321 e. The summed E-state index contributed by atoms with van der Waals surface area (Å²) in [5.74, 6) is 0. The third-order valence-corrected chi connectivity index (χ3v) is 3.78. The van der Waals surface area contributed by atoms with Crippen LogP contribution in [0.25, 0.3) is 0 Å². The first kappa shape index (κ1) is 15.6. The molecule has 0 aromatic heterocycles. The van der Waals surface area contributed by atoms with E-state index in [0.717, 1.165) is 25.4 Å². The SMILES string of the molecule is CCN(CC)C(=O)Nc1ccc(N2CCOC(C)C2)cc1. The van der Waals surface area contributed by atoms with Gasteiger partial charge >= 0.3 is 6.03 Å². The lowest BCUT2D eigenvalue weighted by atomic mass is 10.2. The topological polar surface area (TPSA) is 44.8 Å². The van der Waals surface area contributed by atoms with Crippen LogP contribution in [0.2, 0.25) is 0 Å². The van der Waals surface area contributed by atoms with Crippen LogP contribution in [0, 0.1) is 0 Å². The van der Waals surface area contributed by atoms with Crippen LogP contribution >= 0.6 is 0 Å². The van der Waals surface area contributed by atoms with Crippen LogP contribution in [0.4, 0.5) is 16.2 Å². The Morgan fingerprint density at radius 3 is 2.57 bits per heavy atom. The third-order valence-electron chi connectivity index (χ3n) is 3.78. The Morgan fingerprint density at radius 1 is 1.33 bits per heavy atom. The van der Waals surface area contributed by atoms with Gasteiger partial charge in [0.15, 0.2) is 0 Å². The van der Waals surface area contributed by atoms with Crippen molar-refractivity contribution in [3.05, 3.63) is 24.3 Å². The van der Waals surface area contributed by atoms with Gasteiger partial charge in [0, 0.05) is 37.6 Å². The van der Waals surface area contributed by atoms with E-state index in [-0.39, 0.29) is 12.1 Å². The Labute approximate surface area is 126 Å². The number of urea groups is 1. The van der Waals surface area contributed by atoms with Crippen LogP contribution < -0.4 is 10.2 Å². The first-order valence-corrected chi connectivity index (χ1v) is 7.66. The molecule has 0 bridgehead atoms. The second-order valence-electron chi connectivity index (χ2n) is 5.28. The van der Waals surface area contributed by atoms with Crippen molar-refractivity contribution in [1.29, 1.82) is 0 Å². The van der Waals surface area contributed by atoms with E-state index in [2.05, 4.69) is 29.3 Å². The van der Waals surface area contributed by atoms with Crippen LogP contribution in [-0.2, 0) is 4.74 Å². The minimum atomic E-state index is -0.0484. The fourth-order valence-electron chi connectivity index (χ4n) is 2.52. The predicted molar refractivity (Wildman–Crippen MR) is 86.0 cm³/mol. The van der Waals surface area contributed by atoms with Crippen molar-refractivity contribution in [2.24, 2.45) is 0 Å². The summed E-state index contributed by atoms with van der Waals surface area (Å²) in [5, 5.41) is 2.93. The van der Waals surface area contributed by atoms with Crippen LogP contribution in [0.3, 0.4) is 0 Å². The van der Waals surface area contributed by atoms with Gasteiger partial charge < -0.3 is 19.9 Å². The van der Waals surface area contributed by atoms with Crippen molar-refractivity contribution in [3.8, 4) is 0 Å². The molecule has 2 rings (SSSR count). The lowest BCUT2D eigenvalue weighted by molar-refractivity contribution is 0.0532. The monoisotopic (exact) mass is 291 g/mol. The molecule has 5 heteroatoms. The summed E-state index contributed by atoms with van der Waals surface area (Å²) >= 11 is 0. The van der Waals surface area contributed by atoms with Crippen molar-refractivity contribution in [2.75, 3.05) is 43.0 Å². The summed E-state index contributed by atoms with van der Waals surface area (Å²) in [6.07, 6.45) is 0.265. The molecule has 1 unspecified atom stereocenters. The highest BCUT2D eigenvalue weighted by Crippen LogP contribution is 2.20. The molecule has 0 radical (unpaired) electrons. The molecule has 2 amide bonds. The molecule has 116 valence electrons. The van der Waals surface area contributed by atoms with Gasteiger partial charge in [-0.15, -0.1) is 0 Å². The number of carbonyl (C=O) groups excluding carboxylic acids is 1. The average Bonchev–Trinajstić information content (AvgIpc) is 2.49. The minimum absolute atomic E-state index is 0.0484. The molecule has 1 aliphatic heterocycles.